The lowest BCUT2D eigenvalue weighted by molar-refractivity contribution is 0.386. The average molecular weight is 414 g/mol. The number of hydrogen-bond donors (Lipinski definition) is 1. The standard InChI is InChI=1S/C17H23N3O5S2/c1-12(2)27(23,24)20-7-6-14-9-17(5-4-15(14)11-20)26(21,22)18-10-16-8-13(3)25-19-16/h4-5,8-9,12,18H,6-7,10-11H2,1-3H3. The summed E-state index contributed by atoms with van der Waals surface area (Å²) in [7, 11) is -7.03. The van der Waals surface area contributed by atoms with Crippen LogP contribution in [-0.4, -0.2) is 38.1 Å². The van der Waals surface area contributed by atoms with E-state index in [4.69, 9.17) is 4.52 Å². The lowest BCUT2D eigenvalue weighted by atomic mass is 10.0. The Kier molecular flexibility index (Phi) is 5.44. The van der Waals surface area contributed by atoms with Crippen molar-refractivity contribution < 1.29 is 21.4 Å². The van der Waals surface area contributed by atoms with Gasteiger partial charge in [0.15, 0.2) is 0 Å². The molecule has 8 nitrogen and oxygen atoms in total. The fourth-order valence-corrected chi connectivity index (χ4v) is 5.25. The van der Waals surface area contributed by atoms with Crippen LogP contribution in [0.4, 0.5) is 0 Å². The fraction of sp³-hybridized carbons (Fsp3) is 0.471. The van der Waals surface area contributed by atoms with E-state index >= 15 is 0 Å². The number of rotatable bonds is 6. The van der Waals surface area contributed by atoms with Crippen LogP contribution in [0.15, 0.2) is 33.7 Å². The number of benzene rings is 1. The Bertz CT molecular complexity index is 1040. The second kappa shape index (κ2) is 7.34. The van der Waals surface area contributed by atoms with E-state index in [-0.39, 0.29) is 18.0 Å². The summed E-state index contributed by atoms with van der Waals surface area (Å²) >= 11 is 0. The molecule has 2 heterocycles. The lowest BCUT2D eigenvalue weighted by Gasteiger charge is -2.29. The molecule has 0 atom stereocenters. The number of sulfonamides is 2. The minimum atomic E-state index is -3.70. The first kappa shape index (κ1) is 20.0. The minimum Gasteiger partial charge on any atom is -0.361 e. The Morgan fingerprint density at radius 2 is 1.93 bits per heavy atom. The molecule has 0 saturated heterocycles. The van der Waals surface area contributed by atoms with Crippen molar-refractivity contribution in [2.45, 2.75) is 50.4 Å². The molecule has 1 N–H and O–H groups in total. The molecule has 1 aliphatic heterocycles. The molecule has 0 bridgehead atoms. The highest BCUT2D eigenvalue weighted by Gasteiger charge is 2.29. The summed E-state index contributed by atoms with van der Waals surface area (Å²) in [6, 6.07) is 6.47. The normalized spacial score (nSPS) is 15.9. The van der Waals surface area contributed by atoms with Gasteiger partial charge in [-0.15, -0.1) is 0 Å². The Hall–Kier alpha value is -1.75. The second-order valence-electron chi connectivity index (χ2n) is 6.86. The summed E-state index contributed by atoms with van der Waals surface area (Å²) in [5, 5.41) is 3.28. The Balaban J connectivity index is 1.76. The van der Waals surface area contributed by atoms with E-state index in [1.54, 1.807) is 39.0 Å². The van der Waals surface area contributed by atoms with Gasteiger partial charge in [0.25, 0.3) is 0 Å². The third-order valence-electron chi connectivity index (χ3n) is 4.54. The zero-order chi connectivity index (χ0) is 19.8. The number of hydrogen-bond acceptors (Lipinski definition) is 6. The van der Waals surface area contributed by atoms with Gasteiger partial charge in [0.05, 0.1) is 22.4 Å². The quantitative estimate of drug-likeness (QED) is 0.770. The van der Waals surface area contributed by atoms with Crippen LogP contribution >= 0.6 is 0 Å². The van der Waals surface area contributed by atoms with Crippen LogP contribution in [0.5, 0.6) is 0 Å². The summed E-state index contributed by atoms with van der Waals surface area (Å²) < 4.78 is 58.7. The molecule has 148 valence electrons. The van der Waals surface area contributed by atoms with Crippen LogP contribution in [0, 0.1) is 6.92 Å². The van der Waals surface area contributed by atoms with Crippen molar-refractivity contribution in [2.75, 3.05) is 6.54 Å². The maximum atomic E-state index is 12.5. The van der Waals surface area contributed by atoms with Crippen LogP contribution in [0.25, 0.3) is 0 Å². The highest BCUT2D eigenvalue weighted by Crippen LogP contribution is 2.25. The molecule has 10 heteroatoms. The monoisotopic (exact) mass is 413 g/mol. The molecular weight excluding hydrogens is 390 g/mol. The highest BCUT2D eigenvalue weighted by molar-refractivity contribution is 7.89. The zero-order valence-corrected chi connectivity index (χ0v) is 17.1. The molecule has 27 heavy (non-hydrogen) atoms. The third-order valence-corrected chi connectivity index (χ3v) is 8.16. The maximum absolute atomic E-state index is 12.5. The average Bonchev–Trinajstić information content (AvgIpc) is 3.04. The predicted molar refractivity (Wildman–Crippen MR) is 99.9 cm³/mol. The van der Waals surface area contributed by atoms with E-state index in [1.807, 2.05) is 0 Å². The van der Waals surface area contributed by atoms with Crippen LogP contribution < -0.4 is 4.72 Å². The largest absolute Gasteiger partial charge is 0.361 e. The third kappa shape index (κ3) is 4.23. The number of nitrogens with one attached hydrogen (secondary N) is 1. The van der Waals surface area contributed by atoms with Crippen LogP contribution in [0.3, 0.4) is 0 Å². The SMILES string of the molecule is Cc1cc(CNS(=O)(=O)c2ccc3c(c2)CCN(S(=O)(=O)C(C)C)C3)no1. The van der Waals surface area contributed by atoms with Gasteiger partial charge in [0, 0.05) is 19.2 Å². The summed E-state index contributed by atoms with van der Waals surface area (Å²) in [5.41, 5.74) is 2.19. The molecule has 0 aliphatic carbocycles. The summed E-state index contributed by atoms with van der Waals surface area (Å²) in [6.45, 7) is 5.70. The smallest absolute Gasteiger partial charge is 0.240 e. The van der Waals surface area contributed by atoms with Crippen molar-refractivity contribution in [2.24, 2.45) is 0 Å². The van der Waals surface area contributed by atoms with Gasteiger partial charge in [-0.25, -0.2) is 21.6 Å². The predicted octanol–water partition coefficient (Wildman–Crippen LogP) is 1.56. The minimum absolute atomic E-state index is 0.0389. The molecule has 1 aromatic carbocycles. The van der Waals surface area contributed by atoms with Gasteiger partial charge < -0.3 is 4.52 Å². The van der Waals surface area contributed by atoms with E-state index in [0.29, 0.717) is 24.4 Å². The van der Waals surface area contributed by atoms with Crippen molar-refractivity contribution in [3.63, 3.8) is 0 Å². The molecule has 0 saturated carbocycles. The fourth-order valence-electron chi connectivity index (χ4n) is 2.94. The molecule has 0 fully saturated rings. The van der Waals surface area contributed by atoms with Gasteiger partial charge in [-0.1, -0.05) is 11.2 Å². The van der Waals surface area contributed by atoms with Crippen molar-refractivity contribution in [1.82, 2.24) is 14.2 Å². The van der Waals surface area contributed by atoms with Gasteiger partial charge in [-0.05, 0) is 50.5 Å². The second-order valence-corrected chi connectivity index (χ2v) is 11.1. The number of aromatic nitrogens is 1. The van der Waals surface area contributed by atoms with Gasteiger partial charge in [-0.2, -0.15) is 4.31 Å². The van der Waals surface area contributed by atoms with Crippen LogP contribution in [0.1, 0.15) is 36.4 Å². The summed E-state index contributed by atoms with van der Waals surface area (Å²) in [4.78, 5) is 0.154. The molecular formula is C17H23N3O5S2. The van der Waals surface area contributed by atoms with Crippen LogP contribution in [0.2, 0.25) is 0 Å². The first-order chi connectivity index (χ1) is 12.6. The highest BCUT2D eigenvalue weighted by atomic mass is 32.2. The Morgan fingerprint density at radius 1 is 1.19 bits per heavy atom. The van der Waals surface area contributed by atoms with Crippen molar-refractivity contribution in [1.29, 1.82) is 0 Å². The molecule has 1 aromatic heterocycles. The van der Waals surface area contributed by atoms with E-state index in [2.05, 4.69) is 9.88 Å². The molecule has 0 radical (unpaired) electrons. The molecule has 0 spiro atoms. The molecule has 0 amide bonds. The van der Waals surface area contributed by atoms with Crippen molar-refractivity contribution in [3.8, 4) is 0 Å². The topological polar surface area (TPSA) is 110 Å². The van der Waals surface area contributed by atoms with Crippen molar-refractivity contribution in [3.05, 3.63) is 46.8 Å². The Labute approximate surface area is 159 Å². The Morgan fingerprint density at radius 3 is 2.56 bits per heavy atom. The van der Waals surface area contributed by atoms with E-state index < -0.39 is 25.3 Å². The maximum Gasteiger partial charge on any atom is 0.240 e. The zero-order valence-electron chi connectivity index (χ0n) is 15.5. The molecule has 2 aromatic rings. The van der Waals surface area contributed by atoms with Gasteiger partial charge >= 0.3 is 0 Å². The first-order valence-electron chi connectivity index (χ1n) is 8.62. The number of fused-ring (bicyclic) bond motifs is 1. The first-order valence-corrected chi connectivity index (χ1v) is 11.6. The summed E-state index contributed by atoms with van der Waals surface area (Å²) in [6.07, 6.45) is 0.479. The van der Waals surface area contributed by atoms with Crippen LogP contribution in [-0.2, 0) is 39.6 Å². The number of aryl methyl sites for hydroxylation is 1. The summed E-state index contributed by atoms with van der Waals surface area (Å²) in [5.74, 6) is 0.610. The molecule has 3 rings (SSSR count). The molecule has 0 unspecified atom stereocenters. The van der Waals surface area contributed by atoms with Gasteiger partial charge in [0.2, 0.25) is 20.0 Å². The molecule has 1 aliphatic rings. The van der Waals surface area contributed by atoms with E-state index in [9.17, 15) is 16.8 Å². The van der Waals surface area contributed by atoms with E-state index in [1.165, 1.54) is 10.4 Å². The number of nitrogens with zero attached hydrogens (tertiary/aromatic N) is 2. The van der Waals surface area contributed by atoms with Crippen molar-refractivity contribution >= 4 is 20.0 Å². The van der Waals surface area contributed by atoms with Gasteiger partial charge in [0.1, 0.15) is 5.76 Å². The van der Waals surface area contributed by atoms with Gasteiger partial charge in [-0.3, -0.25) is 0 Å². The van der Waals surface area contributed by atoms with E-state index in [0.717, 1.165) is 11.1 Å². The lowest BCUT2D eigenvalue weighted by Crippen LogP contribution is -2.40.